The maximum atomic E-state index is 13.0. The molecule has 1 heterocycles. The molecule has 1 aliphatic heterocycles. The van der Waals surface area contributed by atoms with Gasteiger partial charge in [-0.15, -0.1) is 0 Å². The molecule has 2 aromatic carbocycles. The van der Waals surface area contributed by atoms with Gasteiger partial charge in [0, 0.05) is 13.1 Å². The van der Waals surface area contributed by atoms with E-state index in [2.05, 4.69) is 4.72 Å². The summed E-state index contributed by atoms with van der Waals surface area (Å²) < 4.78 is 38.8. The van der Waals surface area contributed by atoms with Gasteiger partial charge < -0.3 is 14.4 Å². The minimum Gasteiger partial charge on any atom is -0.497 e. The first-order valence-corrected chi connectivity index (χ1v) is 10.5. The van der Waals surface area contributed by atoms with Crippen LogP contribution in [0.1, 0.15) is 24.2 Å². The topological polar surface area (TPSA) is 84.9 Å². The molecule has 0 spiro atoms. The van der Waals surface area contributed by atoms with Gasteiger partial charge in [0.15, 0.2) is 0 Å². The molecule has 0 bridgehead atoms. The highest BCUT2D eigenvalue weighted by atomic mass is 32.2. The summed E-state index contributed by atoms with van der Waals surface area (Å²) in [7, 11) is -2.34. The zero-order valence-electron chi connectivity index (χ0n) is 16.1. The molecule has 1 aliphatic rings. The molecule has 0 aliphatic carbocycles. The largest absolute Gasteiger partial charge is 0.497 e. The van der Waals surface area contributed by atoms with Gasteiger partial charge in [-0.25, -0.2) is 8.42 Å². The van der Waals surface area contributed by atoms with E-state index in [9.17, 15) is 13.2 Å². The van der Waals surface area contributed by atoms with Gasteiger partial charge in [0.1, 0.15) is 5.75 Å². The first-order chi connectivity index (χ1) is 13.3. The van der Waals surface area contributed by atoms with Gasteiger partial charge in [-0.2, -0.15) is 0 Å². The van der Waals surface area contributed by atoms with Crippen LogP contribution in [0.2, 0.25) is 0 Å². The van der Waals surface area contributed by atoms with Crippen LogP contribution in [0.15, 0.2) is 53.4 Å². The maximum Gasteiger partial charge on any atom is 0.261 e. The molecule has 1 N–H and O–H groups in total. The van der Waals surface area contributed by atoms with Crippen molar-refractivity contribution in [2.45, 2.75) is 31.0 Å². The Kier molecular flexibility index (Phi) is 5.90. The number of hydrogen-bond donors (Lipinski definition) is 1. The number of hydrogen-bond acceptors (Lipinski definition) is 5. The Balaban J connectivity index is 1.86. The molecule has 28 heavy (non-hydrogen) atoms. The Morgan fingerprint density at radius 1 is 1.07 bits per heavy atom. The van der Waals surface area contributed by atoms with E-state index in [4.69, 9.17) is 9.47 Å². The molecule has 2 atom stereocenters. The summed E-state index contributed by atoms with van der Waals surface area (Å²) in [5.74, 6) is 0.333. The van der Waals surface area contributed by atoms with Crippen molar-refractivity contribution < 1.29 is 22.7 Å². The molecule has 7 nitrogen and oxygen atoms in total. The molecule has 150 valence electrons. The Morgan fingerprint density at radius 3 is 2.29 bits per heavy atom. The van der Waals surface area contributed by atoms with Crippen molar-refractivity contribution in [1.29, 1.82) is 0 Å². The molecule has 8 heteroatoms. The number of nitrogens with one attached hydrogen (secondary N) is 1. The van der Waals surface area contributed by atoms with Crippen LogP contribution in [0.5, 0.6) is 5.75 Å². The number of morpholine rings is 1. The van der Waals surface area contributed by atoms with Gasteiger partial charge in [0.25, 0.3) is 15.9 Å². The van der Waals surface area contributed by atoms with Crippen LogP contribution in [-0.2, 0) is 14.8 Å². The van der Waals surface area contributed by atoms with Gasteiger partial charge in [-0.3, -0.25) is 9.52 Å². The number of benzene rings is 2. The summed E-state index contributed by atoms with van der Waals surface area (Å²) in [6, 6.07) is 12.7. The maximum absolute atomic E-state index is 13.0. The highest BCUT2D eigenvalue weighted by Crippen LogP contribution is 2.24. The monoisotopic (exact) mass is 404 g/mol. The van der Waals surface area contributed by atoms with E-state index in [1.807, 2.05) is 13.8 Å². The third kappa shape index (κ3) is 4.45. The summed E-state index contributed by atoms with van der Waals surface area (Å²) in [6.07, 6.45) is -0.147. The lowest BCUT2D eigenvalue weighted by Gasteiger charge is -2.35. The van der Waals surface area contributed by atoms with Gasteiger partial charge in [-0.1, -0.05) is 12.1 Å². The molecule has 0 aromatic heterocycles. The lowest BCUT2D eigenvalue weighted by molar-refractivity contribution is -0.0585. The number of carbonyl (C=O) groups excluding carboxylic acids is 1. The predicted octanol–water partition coefficient (Wildman–Crippen LogP) is 2.75. The van der Waals surface area contributed by atoms with Gasteiger partial charge in [0.05, 0.1) is 35.5 Å². The SMILES string of the molecule is COc1ccc(S(=O)(=O)Nc2ccccc2C(=O)N2CC(C)OC(C)C2)cc1. The number of para-hydroxylation sites is 1. The summed E-state index contributed by atoms with van der Waals surface area (Å²) in [6.45, 7) is 4.74. The van der Waals surface area contributed by atoms with Crippen molar-refractivity contribution in [2.24, 2.45) is 0 Å². The normalized spacial score (nSPS) is 19.9. The fraction of sp³-hybridized carbons (Fsp3) is 0.350. The first kappa shape index (κ1) is 20.2. The van der Waals surface area contributed by atoms with E-state index < -0.39 is 10.0 Å². The predicted molar refractivity (Wildman–Crippen MR) is 106 cm³/mol. The number of nitrogens with zero attached hydrogens (tertiary/aromatic N) is 1. The fourth-order valence-electron chi connectivity index (χ4n) is 3.23. The van der Waals surface area contributed by atoms with E-state index in [0.29, 0.717) is 24.4 Å². The van der Waals surface area contributed by atoms with Crippen molar-refractivity contribution >= 4 is 21.6 Å². The summed E-state index contributed by atoms with van der Waals surface area (Å²) in [5, 5.41) is 0. The average molecular weight is 404 g/mol. The molecule has 1 fully saturated rings. The smallest absolute Gasteiger partial charge is 0.261 e. The second-order valence-electron chi connectivity index (χ2n) is 6.79. The zero-order chi connectivity index (χ0) is 20.3. The molecule has 0 saturated carbocycles. The van der Waals surface area contributed by atoms with E-state index in [-0.39, 0.29) is 28.7 Å². The Bertz CT molecular complexity index is 933. The third-order valence-electron chi connectivity index (χ3n) is 4.48. The van der Waals surface area contributed by atoms with Crippen LogP contribution in [-0.4, -0.2) is 51.6 Å². The van der Waals surface area contributed by atoms with Gasteiger partial charge in [-0.05, 0) is 50.2 Å². The minimum absolute atomic E-state index is 0.0733. The van der Waals surface area contributed by atoms with Crippen LogP contribution in [0.4, 0.5) is 5.69 Å². The number of amides is 1. The molecular formula is C20H24N2O5S. The van der Waals surface area contributed by atoms with Crippen molar-refractivity contribution in [3.8, 4) is 5.75 Å². The standard InChI is InChI=1S/C20H24N2O5S/c1-14-12-22(13-15(2)27-14)20(23)18-6-4-5-7-19(18)21-28(24,25)17-10-8-16(26-3)9-11-17/h4-11,14-15,21H,12-13H2,1-3H3. The quantitative estimate of drug-likeness (QED) is 0.828. The number of anilines is 1. The summed E-state index contributed by atoms with van der Waals surface area (Å²) in [5.41, 5.74) is 0.552. The molecule has 0 radical (unpaired) electrons. The number of rotatable bonds is 5. The lowest BCUT2D eigenvalue weighted by atomic mass is 10.1. The highest BCUT2D eigenvalue weighted by Gasteiger charge is 2.28. The van der Waals surface area contributed by atoms with Crippen molar-refractivity contribution in [2.75, 3.05) is 24.9 Å². The second-order valence-corrected chi connectivity index (χ2v) is 8.48. The molecule has 2 unspecified atom stereocenters. The van der Waals surface area contributed by atoms with Crippen LogP contribution < -0.4 is 9.46 Å². The molecule has 3 rings (SSSR count). The van der Waals surface area contributed by atoms with Crippen molar-refractivity contribution in [3.63, 3.8) is 0 Å². The number of sulfonamides is 1. The Morgan fingerprint density at radius 2 is 1.68 bits per heavy atom. The lowest BCUT2D eigenvalue weighted by Crippen LogP contribution is -2.48. The summed E-state index contributed by atoms with van der Waals surface area (Å²) >= 11 is 0. The van der Waals surface area contributed by atoms with Crippen LogP contribution in [0, 0.1) is 0 Å². The average Bonchev–Trinajstić information content (AvgIpc) is 2.67. The molecular weight excluding hydrogens is 380 g/mol. The van der Waals surface area contributed by atoms with Crippen LogP contribution in [0.3, 0.4) is 0 Å². The second kappa shape index (κ2) is 8.20. The van der Waals surface area contributed by atoms with Gasteiger partial charge in [0.2, 0.25) is 0 Å². The van der Waals surface area contributed by atoms with E-state index in [1.54, 1.807) is 41.3 Å². The number of ether oxygens (including phenoxy) is 2. The molecule has 2 aromatic rings. The van der Waals surface area contributed by atoms with Crippen molar-refractivity contribution in [3.05, 3.63) is 54.1 Å². The molecule has 1 amide bonds. The number of carbonyl (C=O) groups is 1. The van der Waals surface area contributed by atoms with Crippen LogP contribution in [0.25, 0.3) is 0 Å². The fourth-order valence-corrected chi connectivity index (χ4v) is 4.31. The molecule has 1 saturated heterocycles. The summed E-state index contributed by atoms with van der Waals surface area (Å²) in [4.78, 5) is 14.8. The Labute approximate surface area is 165 Å². The van der Waals surface area contributed by atoms with E-state index in [0.717, 1.165) is 0 Å². The zero-order valence-corrected chi connectivity index (χ0v) is 16.9. The third-order valence-corrected chi connectivity index (χ3v) is 5.86. The Hall–Kier alpha value is -2.58. The van der Waals surface area contributed by atoms with E-state index in [1.165, 1.54) is 19.2 Å². The van der Waals surface area contributed by atoms with Crippen LogP contribution >= 0.6 is 0 Å². The van der Waals surface area contributed by atoms with E-state index >= 15 is 0 Å². The minimum atomic E-state index is -3.85. The number of methoxy groups -OCH3 is 1. The highest BCUT2D eigenvalue weighted by molar-refractivity contribution is 7.92. The van der Waals surface area contributed by atoms with Crippen molar-refractivity contribution in [1.82, 2.24) is 4.90 Å². The van der Waals surface area contributed by atoms with Gasteiger partial charge >= 0.3 is 0 Å². The first-order valence-electron chi connectivity index (χ1n) is 9.01.